The molecule has 6 nitrogen and oxygen atoms in total. The first-order valence-electron chi connectivity index (χ1n) is 10.6. The summed E-state index contributed by atoms with van der Waals surface area (Å²) in [5, 5.41) is 10.5. The van der Waals surface area contributed by atoms with E-state index < -0.39 is 10.0 Å². The average Bonchev–Trinajstić information content (AvgIpc) is 2.71. The molecule has 30 heavy (non-hydrogen) atoms. The summed E-state index contributed by atoms with van der Waals surface area (Å²) in [7, 11) is -3.34. The summed E-state index contributed by atoms with van der Waals surface area (Å²) in [5.74, 6) is 0.294. The van der Waals surface area contributed by atoms with Gasteiger partial charge in [0.15, 0.2) is 0 Å². The maximum Gasteiger partial charge on any atom is 0.241 e. The lowest BCUT2D eigenvalue weighted by atomic mass is 9.83. The number of benzene rings is 1. The maximum atomic E-state index is 11.6. The second-order valence-electron chi connectivity index (χ2n) is 8.45. The zero-order valence-electron chi connectivity index (χ0n) is 18.0. The van der Waals surface area contributed by atoms with Gasteiger partial charge in [0, 0.05) is 30.3 Å². The van der Waals surface area contributed by atoms with Gasteiger partial charge >= 0.3 is 0 Å². The molecule has 1 heterocycles. The van der Waals surface area contributed by atoms with Crippen molar-refractivity contribution >= 4 is 10.0 Å². The first-order valence-corrected chi connectivity index (χ1v) is 12.5. The third kappa shape index (κ3) is 6.27. The van der Waals surface area contributed by atoms with E-state index in [1.54, 1.807) is 0 Å². The van der Waals surface area contributed by atoms with Gasteiger partial charge in [0.1, 0.15) is 0 Å². The number of sulfonamides is 1. The van der Waals surface area contributed by atoms with Gasteiger partial charge in [-0.1, -0.05) is 30.3 Å². The lowest BCUT2D eigenvalue weighted by molar-refractivity contribution is -0.914. The minimum absolute atomic E-state index is 0.156. The molecular formula is C23H33N2O4S+. The standard InChI is InChI=1S/C23H33N2O4S/c1-17-13-18(2)25(26)23(14-17)21(15-24-30(3,27)28)16-29-22-11-9-20(10-12-22)19-7-5-4-6-8-19/h4-8,13-14,20-22,24,26H,9-12,15-16H2,1-3H3/q+1/t20?,21-,22?/m1/s1. The molecule has 1 saturated carbocycles. The number of nitrogens with one attached hydrogen (secondary N) is 1. The molecule has 1 aromatic carbocycles. The quantitative estimate of drug-likeness (QED) is 0.495. The van der Waals surface area contributed by atoms with E-state index in [1.807, 2.05) is 32.0 Å². The molecule has 1 aromatic heterocycles. The zero-order valence-corrected chi connectivity index (χ0v) is 18.9. The number of rotatable bonds is 8. The highest BCUT2D eigenvalue weighted by Gasteiger charge is 2.29. The Bertz CT molecular complexity index is 939. The second kappa shape index (κ2) is 9.90. The van der Waals surface area contributed by atoms with Gasteiger partial charge in [0.05, 0.1) is 24.9 Å². The molecule has 0 bridgehead atoms. The molecule has 3 rings (SSSR count). The van der Waals surface area contributed by atoms with Crippen LogP contribution in [0, 0.1) is 13.8 Å². The highest BCUT2D eigenvalue weighted by molar-refractivity contribution is 7.88. The Morgan fingerprint density at radius 3 is 2.43 bits per heavy atom. The lowest BCUT2D eigenvalue weighted by Gasteiger charge is -2.29. The predicted molar refractivity (Wildman–Crippen MR) is 116 cm³/mol. The van der Waals surface area contributed by atoms with Gasteiger partial charge in [-0.2, -0.15) is 0 Å². The van der Waals surface area contributed by atoms with Crippen molar-refractivity contribution in [3.63, 3.8) is 0 Å². The first-order chi connectivity index (χ1) is 14.2. The van der Waals surface area contributed by atoms with Gasteiger partial charge in [-0.05, 0) is 49.7 Å². The van der Waals surface area contributed by atoms with Crippen molar-refractivity contribution in [3.8, 4) is 0 Å². The number of nitrogens with zero attached hydrogens (tertiary/aromatic N) is 1. The highest BCUT2D eigenvalue weighted by atomic mass is 32.2. The molecule has 0 unspecified atom stereocenters. The number of aryl methyl sites for hydroxylation is 2. The molecule has 0 saturated heterocycles. The first kappa shape index (κ1) is 22.7. The van der Waals surface area contributed by atoms with E-state index >= 15 is 0 Å². The van der Waals surface area contributed by atoms with Crippen molar-refractivity contribution in [1.29, 1.82) is 0 Å². The van der Waals surface area contributed by atoms with Crippen molar-refractivity contribution in [1.82, 2.24) is 4.72 Å². The Labute approximate surface area is 179 Å². The fraction of sp³-hybridized carbons (Fsp3) is 0.522. The van der Waals surface area contributed by atoms with Crippen molar-refractivity contribution in [2.75, 3.05) is 19.4 Å². The van der Waals surface area contributed by atoms with E-state index in [4.69, 9.17) is 4.74 Å². The molecule has 7 heteroatoms. The molecular weight excluding hydrogens is 400 g/mol. The Morgan fingerprint density at radius 2 is 1.80 bits per heavy atom. The van der Waals surface area contributed by atoms with Crippen LogP contribution in [0.2, 0.25) is 0 Å². The van der Waals surface area contributed by atoms with E-state index in [1.165, 1.54) is 5.56 Å². The van der Waals surface area contributed by atoms with Crippen LogP contribution in [-0.2, 0) is 14.8 Å². The van der Waals surface area contributed by atoms with Crippen LogP contribution < -0.4 is 9.45 Å². The molecule has 0 radical (unpaired) electrons. The Kier molecular flexibility index (Phi) is 7.50. The van der Waals surface area contributed by atoms with E-state index in [0.29, 0.717) is 23.9 Å². The van der Waals surface area contributed by atoms with Crippen LogP contribution in [0.1, 0.15) is 60.0 Å². The normalized spacial score (nSPS) is 20.8. The van der Waals surface area contributed by atoms with Crippen molar-refractivity contribution in [3.05, 3.63) is 65.0 Å². The Balaban J connectivity index is 1.64. The molecule has 1 aliphatic carbocycles. The summed E-state index contributed by atoms with van der Waals surface area (Å²) in [6.45, 7) is 4.32. The number of pyridine rings is 1. The van der Waals surface area contributed by atoms with Crippen LogP contribution in [0.4, 0.5) is 0 Å². The fourth-order valence-electron chi connectivity index (χ4n) is 4.26. The van der Waals surface area contributed by atoms with Crippen LogP contribution in [0.5, 0.6) is 0 Å². The maximum absolute atomic E-state index is 11.6. The summed E-state index contributed by atoms with van der Waals surface area (Å²) in [6, 6.07) is 14.4. The average molecular weight is 434 g/mol. The molecule has 0 amide bonds. The highest BCUT2D eigenvalue weighted by Crippen LogP contribution is 2.34. The smallest absolute Gasteiger partial charge is 0.241 e. The Hall–Kier alpha value is -1.96. The zero-order chi connectivity index (χ0) is 21.7. The summed E-state index contributed by atoms with van der Waals surface area (Å²) >= 11 is 0. The topological polar surface area (TPSA) is 79.5 Å². The van der Waals surface area contributed by atoms with E-state index in [0.717, 1.165) is 42.2 Å². The molecule has 1 fully saturated rings. The van der Waals surface area contributed by atoms with E-state index in [2.05, 4.69) is 29.0 Å². The predicted octanol–water partition coefficient (Wildman–Crippen LogP) is 3.20. The summed E-state index contributed by atoms with van der Waals surface area (Å²) in [4.78, 5) is 0. The number of aromatic nitrogens is 1. The van der Waals surface area contributed by atoms with E-state index in [-0.39, 0.29) is 18.6 Å². The lowest BCUT2D eigenvalue weighted by Crippen LogP contribution is -2.43. The summed E-state index contributed by atoms with van der Waals surface area (Å²) < 4.78 is 33.2. The van der Waals surface area contributed by atoms with Gasteiger partial charge in [0.2, 0.25) is 21.4 Å². The summed E-state index contributed by atoms with van der Waals surface area (Å²) in [5.41, 5.74) is 3.77. The van der Waals surface area contributed by atoms with Crippen molar-refractivity contribution < 1.29 is 23.1 Å². The third-order valence-corrected chi connectivity index (χ3v) is 6.57. The van der Waals surface area contributed by atoms with Gasteiger partial charge in [-0.25, -0.2) is 13.1 Å². The number of hydrogen-bond donors (Lipinski definition) is 2. The van der Waals surface area contributed by atoms with Gasteiger partial charge in [-0.15, -0.1) is 0 Å². The molecule has 2 aromatic rings. The van der Waals surface area contributed by atoms with Gasteiger partial charge < -0.3 is 4.74 Å². The molecule has 1 aliphatic rings. The third-order valence-electron chi connectivity index (χ3n) is 5.88. The minimum atomic E-state index is -3.34. The van der Waals surface area contributed by atoms with Crippen molar-refractivity contribution in [2.24, 2.45) is 0 Å². The fourth-order valence-corrected chi connectivity index (χ4v) is 4.77. The molecule has 0 spiro atoms. The molecule has 1 atom stereocenters. The van der Waals surface area contributed by atoms with Gasteiger partial charge in [0.25, 0.3) is 0 Å². The largest absolute Gasteiger partial charge is 0.377 e. The van der Waals surface area contributed by atoms with Crippen molar-refractivity contribution in [2.45, 2.75) is 57.5 Å². The number of ether oxygens (including phenoxy) is 1. The van der Waals surface area contributed by atoms with Crippen LogP contribution >= 0.6 is 0 Å². The van der Waals surface area contributed by atoms with Crippen LogP contribution in [0.25, 0.3) is 0 Å². The molecule has 0 aliphatic heterocycles. The SMILES string of the molecule is Cc1cc(C)[n+](O)c([C@H](CNS(C)(=O)=O)COC2CCC(c3ccccc3)CC2)c1. The monoisotopic (exact) mass is 433 g/mol. The Morgan fingerprint density at radius 1 is 1.13 bits per heavy atom. The molecule has 164 valence electrons. The van der Waals surface area contributed by atoms with Crippen LogP contribution in [0.15, 0.2) is 42.5 Å². The molecule has 2 N–H and O–H groups in total. The minimum Gasteiger partial charge on any atom is -0.377 e. The van der Waals surface area contributed by atoms with E-state index in [9.17, 15) is 13.6 Å². The number of hydrogen-bond acceptors (Lipinski definition) is 4. The van der Waals surface area contributed by atoms with Crippen LogP contribution in [0.3, 0.4) is 0 Å². The van der Waals surface area contributed by atoms with Crippen LogP contribution in [-0.4, -0.2) is 39.1 Å². The van der Waals surface area contributed by atoms with Gasteiger partial charge in [-0.3, -0.25) is 5.21 Å². The summed E-state index contributed by atoms with van der Waals surface area (Å²) in [6.07, 6.45) is 5.44. The second-order valence-corrected chi connectivity index (χ2v) is 10.3.